The number of carboxylic acids is 1. The molecular formula is C28H26FN5O5S2. The van der Waals surface area contributed by atoms with Gasteiger partial charge in [-0.05, 0) is 67.4 Å². The number of aromatic carboxylic acids is 1. The molecular weight excluding hydrogens is 569 g/mol. The lowest BCUT2D eigenvalue weighted by atomic mass is 10.2. The van der Waals surface area contributed by atoms with Crippen LogP contribution in [0.1, 0.15) is 36.0 Å². The molecule has 1 heterocycles. The second kappa shape index (κ2) is 12.3. The minimum Gasteiger partial charge on any atom is -0.593 e. The van der Waals surface area contributed by atoms with Crippen molar-refractivity contribution in [2.24, 2.45) is 0 Å². The lowest BCUT2D eigenvalue weighted by Crippen LogP contribution is -2.37. The summed E-state index contributed by atoms with van der Waals surface area (Å²) in [5.41, 5.74) is 1.54. The van der Waals surface area contributed by atoms with Crippen LogP contribution >= 0.6 is 11.8 Å². The van der Waals surface area contributed by atoms with Gasteiger partial charge in [-0.3, -0.25) is 9.36 Å². The minimum atomic E-state index is -3.76. The average Bonchev–Trinajstić information content (AvgIpc) is 3.62. The van der Waals surface area contributed by atoms with Crippen molar-refractivity contribution in [1.82, 2.24) is 19.5 Å². The normalized spacial score (nSPS) is 15.0. The highest BCUT2D eigenvalue weighted by Crippen LogP contribution is 2.31. The fraction of sp³-hybridized carbons (Fsp3) is 0.214. The second-order valence-corrected chi connectivity index (χ2v) is 12.1. The molecule has 0 spiro atoms. The van der Waals surface area contributed by atoms with Gasteiger partial charge in [-0.25, -0.2) is 9.18 Å². The number of nitrogens with zero attached hydrogens (tertiary/aromatic N) is 3. The highest BCUT2D eigenvalue weighted by molar-refractivity contribution is 7.99. The van der Waals surface area contributed by atoms with Gasteiger partial charge in [-0.2, -0.15) is 0 Å². The molecule has 5 rings (SSSR count). The van der Waals surface area contributed by atoms with E-state index in [1.54, 1.807) is 28.8 Å². The van der Waals surface area contributed by atoms with Crippen molar-refractivity contribution >= 4 is 39.7 Å². The average molecular weight is 596 g/mol. The monoisotopic (exact) mass is 595 g/mol. The van der Waals surface area contributed by atoms with Gasteiger partial charge in [0.2, 0.25) is 5.91 Å². The third-order valence-corrected chi connectivity index (χ3v) is 8.99. The number of carbonyl (C=O) groups is 2. The van der Waals surface area contributed by atoms with Crippen molar-refractivity contribution in [3.63, 3.8) is 0 Å². The zero-order valence-electron chi connectivity index (χ0n) is 21.7. The first-order valence-electron chi connectivity index (χ1n) is 12.8. The van der Waals surface area contributed by atoms with Crippen LogP contribution in [0.3, 0.4) is 0 Å². The molecule has 1 amide bonds. The van der Waals surface area contributed by atoms with E-state index in [2.05, 4.69) is 20.2 Å². The molecule has 1 aliphatic carbocycles. The van der Waals surface area contributed by atoms with E-state index in [0.717, 1.165) is 37.4 Å². The lowest BCUT2D eigenvalue weighted by molar-refractivity contribution is -0.113. The molecule has 3 N–H and O–H groups in total. The zero-order valence-corrected chi connectivity index (χ0v) is 23.3. The summed E-state index contributed by atoms with van der Waals surface area (Å²) in [5, 5.41) is 20.6. The van der Waals surface area contributed by atoms with E-state index in [1.807, 2.05) is 0 Å². The number of sulfonamides is 1. The van der Waals surface area contributed by atoms with Crippen molar-refractivity contribution in [2.45, 2.75) is 41.8 Å². The van der Waals surface area contributed by atoms with Gasteiger partial charge < -0.3 is 15.0 Å². The molecule has 1 aromatic heterocycles. The van der Waals surface area contributed by atoms with Crippen LogP contribution in [0.2, 0.25) is 0 Å². The predicted molar refractivity (Wildman–Crippen MR) is 152 cm³/mol. The summed E-state index contributed by atoms with van der Waals surface area (Å²) in [5.74, 6) is -1.60. The van der Waals surface area contributed by atoms with Gasteiger partial charge in [0.25, 0.3) is 0 Å². The van der Waals surface area contributed by atoms with E-state index >= 15 is 0 Å². The maximum Gasteiger partial charge on any atom is 0.335 e. The molecule has 0 radical (unpaired) electrons. The van der Waals surface area contributed by atoms with Gasteiger partial charge in [0.05, 0.1) is 17.4 Å². The minimum absolute atomic E-state index is 0.0558. The summed E-state index contributed by atoms with van der Waals surface area (Å²) in [6.07, 6.45) is 3.59. The van der Waals surface area contributed by atoms with E-state index in [-0.39, 0.29) is 28.2 Å². The van der Waals surface area contributed by atoms with E-state index in [0.29, 0.717) is 27.9 Å². The molecule has 4 aromatic rings. The Morgan fingerprint density at radius 3 is 2.44 bits per heavy atom. The largest absolute Gasteiger partial charge is 0.593 e. The Morgan fingerprint density at radius 1 is 1.05 bits per heavy atom. The van der Waals surface area contributed by atoms with Gasteiger partial charge in [0.15, 0.2) is 26.3 Å². The summed E-state index contributed by atoms with van der Waals surface area (Å²) in [7, 11) is -3.76. The van der Waals surface area contributed by atoms with Crippen LogP contribution in [0.25, 0.3) is 17.1 Å². The number of carboxylic acid groups (broad SMARTS) is 1. The number of nitrogens with one attached hydrogen (secondary N) is 2. The number of benzene rings is 3. The van der Waals surface area contributed by atoms with Gasteiger partial charge in [0, 0.05) is 23.0 Å². The van der Waals surface area contributed by atoms with Crippen LogP contribution in [0.4, 0.5) is 10.1 Å². The molecule has 212 valence electrons. The van der Waals surface area contributed by atoms with Crippen molar-refractivity contribution in [2.75, 3.05) is 11.1 Å². The van der Waals surface area contributed by atoms with E-state index in [4.69, 9.17) is 5.11 Å². The SMILES string of the molecule is O=C(CSc1nnc(-c2cccc([S+](=O)([O-])NC3CCCC3)c2)n1-c1ccc(F)cc1)Nc1ccc(C(=O)O)cc1. The molecule has 13 heteroatoms. The number of halogens is 1. The topological polar surface area (TPSA) is 149 Å². The van der Waals surface area contributed by atoms with Crippen molar-refractivity contribution in [3.8, 4) is 17.1 Å². The molecule has 1 aliphatic rings. The summed E-state index contributed by atoms with van der Waals surface area (Å²) in [6, 6.07) is 17.7. The molecule has 41 heavy (non-hydrogen) atoms. The van der Waals surface area contributed by atoms with Crippen LogP contribution in [-0.2, 0) is 19.4 Å². The van der Waals surface area contributed by atoms with Gasteiger partial charge in [-0.1, -0.05) is 40.9 Å². The molecule has 1 saturated carbocycles. The Hall–Kier alpha value is -3.91. The maximum absolute atomic E-state index is 13.7. The molecule has 1 atom stereocenters. The molecule has 1 unspecified atom stereocenters. The van der Waals surface area contributed by atoms with Gasteiger partial charge >= 0.3 is 5.97 Å². The van der Waals surface area contributed by atoms with Gasteiger partial charge in [-0.15, -0.1) is 14.9 Å². The van der Waals surface area contributed by atoms with Crippen LogP contribution < -0.4 is 10.0 Å². The lowest BCUT2D eigenvalue weighted by Gasteiger charge is -2.19. The summed E-state index contributed by atoms with van der Waals surface area (Å²) in [4.78, 5) is 23.8. The van der Waals surface area contributed by atoms with Crippen molar-refractivity contribution in [1.29, 1.82) is 0 Å². The number of rotatable bonds is 10. The van der Waals surface area contributed by atoms with Crippen molar-refractivity contribution < 1.29 is 27.8 Å². The Balaban J connectivity index is 1.40. The highest BCUT2D eigenvalue weighted by Gasteiger charge is 2.28. The van der Waals surface area contributed by atoms with Crippen LogP contribution in [0.5, 0.6) is 0 Å². The van der Waals surface area contributed by atoms with E-state index < -0.39 is 22.2 Å². The first-order chi connectivity index (χ1) is 19.7. The third kappa shape index (κ3) is 6.88. The first kappa shape index (κ1) is 28.6. The summed E-state index contributed by atoms with van der Waals surface area (Å²) >= 11 is 1.09. The zero-order chi connectivity index (χ0) is 29.0. The Bertz CT molecular complexity index is 1610. The highest BCUT2D eigenvalue weighted by atomic mass is 32.3. The Morgan fingerprint density at radius 2 is 1.76 bits per heavy atom. The Kier molecular flexibility index (Phi) is 8.59. The van der Waals surface area contributed by atoms with Crippen LogP contribution in [0.15, 0.2) is 82.8 Å². The number of carbonyl (C=O) groups excluding carboxylic acids is 1. The second-order valence-electron chi connectivity index (χ2n) is 9.47. The van der Waals surface area contributed by atoms with Crippen LogP contribution in [0, 0.1) is 5.82 Å². The summed E-state index contributed by atoms with van der Waals surface area (Å²) in [6.45, 7) is 0. The fourth-order valence-corrected chi connectivity index (χ4v) is 6.63. The maximum atomic E-state index is 13.7. The number of hydrogen-bond donors (Lipinski definition) is 3. The number of aromatic nitrogens is 3. The smallest absolute Gasteiger partial charge is 0.335 e. The quantitative estimate of drug-likeness (QED) is 0.172. The molecule has 0 saturated heterocycles. The van der Waals surface area contributed by atoms with E-state index in [1.165, 1.54) is 48.5 Å². The number of amides is 1. The third-order valence-electron chi connectivity index (χ3n) is 6.55. The molecule has 1 fully saturated rings. The fourth-order valence-electron chi connectivity index (χ4n) is 4.53. The Labute approximate surface area is 240 Å². The van der Waals surface area contributed by atoms with Crippen LogP contribution in [-0.4, -0.2) is 48.1 Å². The van der Waals surface area contributed by atoms with E-state index in [9.17, 15) is 22.7 Å². The first-order valence-corrected chi connectivity index (χ1v) is 15.3. The number of anilines is 1. The number of thioether (sulfide) groups is 1. The summed E-state index contributed by atoms with van der Waals surface area (Å²) < 4.78 is 44.3. The number of hydrogen-bond acceptors (Lipinski definition) is 7. The predicted octanol–water partition coefficient (Wildman–Crippen LogP) is 4.94. The molecule has 0 bridgehead atoms. The molecule has 10 nitrogen and oxygen atoms in total. The standard InChI is InChI=1S/C28H26FN5O5S2/c29-20-10-14-23(15-11-20)34-26(19-4-3-7-24(16-19)41(38,39)33-22-5-1-2-6-22)31-32-28(34)40-17-25(35)30-21-12-8-18(9-13-21)27(36)37/h3-4,7-16,22H,1-2,5-6,17H2,(H3-,30,33,35,36,37,38,39). The molecule has 3 aromatic carbocycles. The van der Waals surface area contributed by atoms with Crippen molar-refractivity contribution in [3.05, 3.63) is 84.2 Å². The molecule has 0 aliphatic heterocycles. The van der Waals surface area contributed by atoms with Gasteiger partial charge in [0.1, 0.15) is 5.82 Å².